The summed E-state index contributed by atoms with van der Waals surface area (Å²) in [5.41, 5.74) is 6.06. The van der Waals surface area contributed by atoms with Gasteiger partial charge >= 0.3 is 6.09 Å². The number of amides is 2. The molecule has 0 bridgehead atoms. The number of likely N-dealkylation sites (tertiary alicyclic amines) is 1. The van der Waals surface area contributed by atoms with Crippen LogP contribution in [0.15, 0.2) is 12.4 Å². The van der Waals surface area contributed by atoms with Crippen LogP contribution in [-0.4, -0.2) is 52.9 Å². The molecular weight excluding hydrogens is 250 g/mol. The van der Waals surface area contributed by atoms with Crippen molar-refractivity contribution in [2.24, 2.45) is 0 Å². The predicted octanol–water partition coefficient (Wildman–Crippen LogP) is -0.578. The molecule has 1 unspecified atom stereocenters. The lowest BCUT2D eigenvalue weighted by atomic mass is 10.3. The minimum atomic E-state index is -0.473. The van der Waals surface area contributed by atoms with Crippen molar-refractivity contribution in [3.05, 3.63) is 12.4 Å². The highest BCUT2D eigenvalue weighted by Crippen LogP contribution is 2.10. The first-order chi connectivity index (χ1) is 9.08. The van der Waals surface area contributed by atoms with Crippen molar-refractivity contribution in [1.29, 1.82) is 0 Å². The molecule has 2 heterocycles. The van der Waals surface area contributed by atoms with Crippen LogP contribution in [-0.2, 0) is 16.1 Å². The van der Waals surface area contributed by atoms with Gasteiger partial charge in [0.15, 0.2) is 0 Å². The van der Waals surface area contributed by atoms with Gasteiger partial charge in [-0.25, -0.2) is 4.79 Å². The Morgan fingerprint density at radius 3 is 3.05 bits per heavy atom. The van der Waals surface area contributed by atoms with Crippen LogP contribution >= 0.6 is 0 Å². The van der Waals surface area contributed by atoms with Gasteiger partial charge in [0, 0.05) is 19.3 Å². The molecule has 1 aliphatic rings. The molecule has 1 aliphatic heterocycles. The first-order valence-electron chi connectivity index (χ1n) is 5.98. The Bertz CT molecular complexity index is 473. The number of methoxy groups -OCH3 is 1. The Labute approximate surface area is 110 Å². The van der Waals surface area contributed by atoms with E-state index in [4.69, 9.17) is 5.73 Å². The summed E-state index contributed by atoms with van der Waals surface area (Å²) in [4.78, 5) is 24.8. The number of aromatic nitrogens is 2. The molecule has 1 saturated heterocycles. The van der Waals surface area contributed by atoms with Gasteiger partial charge in [0.1, 0.15) is 6.54 Å². The number of anilines is 1. The molecule has 0 radical (unpaired) electrons. The molecule has 3 N–H and O–H groups in total. The lowest BCUT2D eigenvalue weighted by molar-refractivity contribution is -0.131. The van der Waals surface area contributed by atoms with Gasteiger partial charge in [-0.2, -0.15) is 5.10 Å². The Morgan fingerprint density at radius 2 is 2.42 bits per heavy atom. The summed E-state index contributed by atoms with van der Waals surface area (Å²) in [7, 11) is 1.31. The SMILES string of the molecule is COC(=O)NC1CCN(C(=O)Cn2cc(N)cn2)C1. The third-order valence-electron chi connectivity index (χ3n) is 3.00. The lowest BCUT2D eigenvalue weighted by Gasteiger charge is -2.16. The summed E-state index contributed by atoms with van der Waals surface area (Å²) >= 11 is 0. The number of hydrogen-bond acceptors (Lipinski definition) is 5. The number of nitrogen functional groups attached to an aromatic ring is 1. The fraction of sp³-hybridized carbons (Fsp3) is 0.545. The van der Waals surface area contributed by atoms with Crippen LogP contribution in [0.4, 0.5) is 10.5 Å². The summed E-state index contributed by atoms with van der Waals surface area (Å²) in [5.74, 6) is -0.0442. The number of nitrogens with two attached hydrogens (primary N) is 1. The first-order valence-corrected chi connectivity index (χ1v) is 5.98. The number of nitrogens with one attached hydrogen (secondary N) is 1. The van der Waals surface area contributed by atoms with E-state index >= 15 is 0 Å². The van der Waals surface area contributed by atoms with Gasteiger partial charge in [0.05, 0.1) is 25.0 Å². The van der Waals surface area contributed by atoms with E-state index < -0.39 is 6.09 Å². The van der Waals surface area contributed by atoms with Crippen molar-refractivity contribution in [3.63, 3.8) is 0 Å². The number of carbonyl (C=O) groups excluding carboxylic acids is 2. The molecular formula is C11H17N5O3. The average molecular weight is 267 g/mol. The largest absolute Gasteiger partial charge is 0.453 e. The third-order valence-corrected chi connectivity index (χ3v) is 3.00. The summed E-state index contributed by atoms with van der Waals surface area (Å²) in [6.07, 6.45) is 3.36. The average Bonchev–Trinajstić information content (AvgIpc) is 2.98. The fourth-order valence-electron chi connectivity index (χ4n) is 2.03. The molecule has 1 atom stereocenters. The summed E-state index contributed by atoms with van der Waals surface area (Å²) in [6, 6.07) is -0.0564. The van der Waals surface area contributed by atoms with Crippen LogP contribution in [0.5, 0.6) is 0 Å². The number of rotatable bonds is 3. The number of carbonyl (C=O) groups is 2. The fourth-order valence-corrected chi connectivity index (χ4v) is 2.03. The van der Waals surface area contributed by atoms with E-state index in [0.717, 1.165) is 6.42 Å². The van der Waals surface area contributed by atoms with E-state index in [1.165, 1.54) is 18.0 Å². The minimum Gasteiger partial charge on any atom is -0.453 e. The Kier molecular flexibility index (Phi) is 3.88. The molecule has 2 amide bonds. The normalized spacial score (nSPS) is 18.4. The van der Waals surface area contributed by atoms with Crippen molar-refractivity contribution in [2.45, 2.75) is 19.0 Å². The van der Waals surface area contributed by atoms with Crippen molar-refractivity contribution >= 4 is 17.7 Å². The van der Waals surface area contributed by atoms with Crippen LogP contribution in [0, 0.1) is 0 Å². The third kappa shape index (κ3) is 3.36. The molecule has 1 aromatic rings. The predicted molar refractivity (Wildman–Crippen MR) is 67.2 cm³/mol. The second-order valence-corrected chi connectivity index (χ2v) is 4.43. The molecule has 0 aromatic carbocycles. The standard InChI is InChI=1S/C11H17N5O3/c1-19-11(18)14-9-2-3-15(6-9)10(17)7-16-5-8(12)4-13-16/h4-5,9H,2-3,6-7,12H2,1H3,(H,14,18). The van der Waals surface area contributed by atoms with Gasteiger partial charge in [-0.1, -0.05) is 0 Å². The van der Waals surface area contributed by atoms with Crippen LogP contribution in [0.3, 0.4) is 0 Å². The summed E-state index contributed by atoms with van der Waals surface area (Å²) < 4.78 is 6.02. The molecule has 1 fully saturated rings. The molecule has 19 heavy (non-hydrogen) atoms. The van der Waals surface area contributed by atoms with Gasteiger partial charge in [-0.15, -0.1) is 0 Å². The molecule has 8 nitrogen and oxygen atoms in total. The lowest BCUT2D eigenvalue weighted by Crippen LogP contribution is -2.39. The maximum Gasteiger partial charge on any atom is 0.407 e. The van der Waals surface area contributed by atoms with Crippen molar-refractivity contribution in [1.82, 2.24) is 20.0 Å². The van der Waals surface area contributed by atoms with E-state index in [-0.39, 0.29) is 18.5 Å². The zero-order chi connectivity index (χ0) is 13.8. The summed E-state index contributed by atoms with van der Waals surface area (Å²) in [6.45, 7) is 1.26. The van der Waals surface area contributed by atoms with Crippen molar-refractivity contribution in [2.75, 3.05) is 25.9 Å². The zero-order valence-corrected chi connectivity index (χ0v) is 10.7. The second kappa shape index (κ2) is 5.59. The Balaban J connectivity index is 1.83. The maximum atomic E-state index is 12.0. The first kappa shape index (κ1) is 13.2. The quantitative estimate of drug-likeness (QED) is 0.763. The molecule has 0 spiro atoms. The van der Waals surface area contributed by atoms with E-state index in [1.54, 1.807) is 11.1 Å². The molecule has 0 saturated carbocycles. The van der Waals surface area contributed by atoms with Crippen LogP contribution < -0.4 is 11.1 Å². The monoisotopic (exact) mass is 267 g/mol. The minimum absolute atomic E-state index is 0.0442. The Morgan fingerprint density at radius 1 is 1.63 bits per heavy atom. The smallest absolute Gasteiger partial charge is 0.407 e. The van der Waals surface area contributed by atoms with Crippen molar-refractivity contribution < 1.29 is 14.3 Å². The highest BCUT2D eigenvalue weighted by Gasteiger charge is 2.27. The van der Waals surface area contributed by atoms with E-state index in [0.29, 0.717) is 18.8 Å². The summed E-state index contributed by atoms with van der Waals surface area (Å²) in [5, 5.41) is 6.65. The zero-order valence-electron chi connectivity index (χ0n) is 10.7. The number of ether oxygens (including phenoxy) is 1. The molecule has 1 aromatic heterocycles. The van der Waals surface area contributed by atoms with Gasteiger partial charge in [0.25, 0.3) is 0 Å². The van der Waals surface area contributed by atoms with Crippen molar-refractivity contribution in [3.8, 4) is 0 Å². The topological polar surface area (TPSA) is 102 Å². The number of nitrogens with zero attached hydrogens (tertiary/aromatic N) is 3. The molecule has 104 valence electrons. The van der Waals surface area contributed by atoms with Crippen LogP contribution in [0.2, 0.25) is 0 Å². The molecule has 2 rings (SSSR count). The highest BCUT2D eigenvalue weighted by atomic mass is 16.5. The highest BCUT2D eigenvalue weighted by molar-refractivity contribution is 5.76. The van der Waals surface area contributed by atoms with Gasteiger partial charge in [0.2, 0.25) is 5.91 Å². The van der Waals surface area contributed by atoms with E-state index in [2.05, 4.69) is 15.2 Å². The van der Waals surface area contributed by atoms with Gasteiger partial charge in [-0.3, -0.25) is 9.48 Å². The molecule has 8 heteroatoms. The van der Waals surface area contributed by atoms with E-state index in [9.17, 15) is 9.59 Å². The number of hydrogen-bond donors (Lipinski definition) is 2. The molecule has 0 aliphatic carbocycles. The maximum absolute atomic E-state index is 12.0. The van der Waals surface area contributed by atoms with Gasteiger partial charge < -0.3 is 20.7 Å². The number of alkyl carbamates (subject to hydrolysis) is 1. The van der Waals surface area contributed by atoms with E-state index in [1.807, 2.05) is 0 Å². The van der Waals surface area contributed by atoms with Crippen LogP contribution in [0.25, 0.3) is 0 Å². The second-order valence-electron chi connectivity index (χ2n) is 4.43. The van der Waals surface area contributed by atoms with Crippen LogP contribution in [0.1, 0.15) is 6.42 Å². The van der Waals surface area contributed by atoms with Gasteiger partial charge in [-0.05, 0) is 6.42 Å². The Hall–Kier alpha value is -2.25.